The van der Waals surface area contributed by atoms with Gasteiger partial charge in [-0.25, -0.2) is 13.6 Å². The van der Waals surface area contributed by atoms with Crippen LogP contribution in [0.1, 0.15) is 86.0 Å². The maximum absolute atomic E-state index is 13.7. The number of piperidine rings is 1. The van der Waals surface area contributed by atoms with Gasteiger partial charge in [-0.1, -0.05) is 20.3 Å². The summed E-state index contributed by atoms with van der Waals surface area (Å²) in [5, 5.41) is 13.9. The predicted molar refractivity (Wildman–Crippen MR) is 137 cm³/mol. The molecule has 2 saturated heterocycles. The van der Waals surface area contributed by atoms with Crippen molar-refractivity contribution in [3.8, 4) is 0 Å². The van der Waals surface area contributed by atoms with E-state index in [9.17, 15) is 28.3 Å². The molecule has 0 aromatic carbocycles. The van der Waals surface area contributed by atoms with Crippen molar-refractivity contribution < 1.29 is 33.0 Å². The molecular weight excluding hydrogens is 496 g/mol. The maximum Gasteiger partial charge on any atom is 0.410 e. The molecule has 0 unspecified atom stereocenters. The molecule has 3 amide bonds. The lowest BCUT2D eigenvalue weighted by atomic mass is 9.61. The maximum atomic E-state index is 13.7. The van der Waals surface area contributed by atoms with Gasteiger partial charge in [-0.3, -0.25) is 14.5 Å². The summed E-state index contributed by atoms with van der Waals surface area (Å²) in [6.07, 6.45) is 2.02. The van der Waals surface area contributed by atoms with E-state index in [0.717, 1.165) is 19.3 Å². The summed E-state index contributed by atoms with van der Waals surface area (Å²) in [5.41, 5.74) is -1.87. The smallest absolute Gasteiger partial charge is 0.410 e. The van der Waals surface area contributed by atoms with Crippen LogP contribution in [-0.4, -0.2) is 82.7 Å². The molecule has 1 spiro atoms. The standard InChI is InChI=1S/C28H45F2N3O5/c1-18(2)27(23(36)31-14-19-7-11-28(29,30)12-8-19)16-32(17-27)22(35)20-13-21(34)26(9-6-10-26)15-33(20)24(37)38-25(3,4)5/h18-21,34H,6-17H2,1-5H3,(H,31,36)/t20-,21+/m0/s1. The number of halogens is 2. The molecule has 2 aliphatic carbocycles. The topological polar surface area (TPSA) is 99.2 Å². The van der Waals surface area contributed by atoms with E-state index in [1.54, 1.807) is 25.7 Å². The molecule has 2 atom stereocenters. The quantitative estimate of drug-likeness (QED) is 0.549. The average molecular weight is 542 g/mol. The summed E-state index contributed by atoms with van der Waals surface area (Å²) in [4.78, 5) is 43.2. The lowest BCUT2D eigenvalue weighted by Gasteiger charge is -2.56. The molecule has 4 rings (SSSR count). The molecule has 2 saturated carbocycles. The summed E-state index contributed by atoms with van der Waals surface area (Å²) < 4.78 is 32.6. The summed E-state index contributed by atoms with van der Waals surface area (Å²) in [6.45, 7) is 10.3. The van der Waals surface area contributed by atoms with E-state index in [1.165, 1.54) is 4.90 Å². The SMILES string of the molecule is CC(C)C1(C(=O)NCC2CCC(F)(F)CC2)CN(C(=O)[C@@H]2C[C@@H](O)C3(CCC3)CN2C(=O)OC(C)(C)C)C1. The van der Waals surface area contributed by atoms with Crippen molar-refractivity contribution >= 4 is 17.9 Å². The zero-order valence-corrected chi connectivity index (χ0v) is 23.5. The number of ether oxygens (including phenoxy) is 1. The number of nitrogens with zero attached hydrogens (tertiary/aromatic N) is 2. The zero-order valence-electron chi connectivity index (χ0n) is 23.5. The molecule has 4 aliphatic rings. The van der Waals surface area contributed by atoms with Crippen molar-refractivity contribution in [3.05, 3.63) is 0 Å². The summed E-state index contributed by atoms with van der Waals surface area (Å²) in [7, 11) is 0. The molecule has 38 heavy (non-hydrogen) atoms. The molecule has 0 bridgehead atoms. The Kier molecular flexibility index (Phi) is 7.80. The number of amides is 3. The number of likely N-dealkylation sites (tertiary alicyclic amines) is 2. The fraction of sp³-hybridized carbons (Fsp3) is 0.893. The average Bonchev–Trinajstić information content (AvgIpc) is 2.74. The van der Waals surface area contributed by atoms with E-state index in [0.29, 0.717) is 19.4 Å². The minimum atomic E-state index is -2.60. The normalized spacial score (nSPS) is 28.4. The number of hydrogen-bond donors (Lipinski definition) is 2. The Morgan fingerprint density at radius 1 is 1.05 bits per heavy atom. The number of rotatable bonds is 5. The van der Waals surface area contributed by atoms with Crippen molar-refractivity contribution in [1.82, 2.24) is 15.1 Å². The van der Waals surface area contributed by atoms with Crippen molar-refractivity contribution in [2.45, 2.75) is 110 Å². The van der Waals surface area contributed by atoms with Crippen LogP contribution < -0.4 is 5.32 Å². The molecule has 8 nitrogen and oxygen atoms in total. The Hall–Kier alpha value is -1.97. The molecule has 0 aromatic rings. The van der Waals surface area contributed by atoms with Crippen molar-refractivity contribution in [2.75, 3.05) is 26.2 Å². The first-order chi connectivity index (χ1) is 17.6. The van der Waals surface area contributed by atoms with Crippen LogP contribution in [0, 0.1) is 22.7 Å². The molecule has 2 N–H and O–H groups in total. The number of aliphatic hydroxyl groups excluding tert-OH is 1. The first-order valence-electron chi connectivity index (χ1n) is 14.2. The summed E-state index contributed by atoms with van der Waals surface area (Å²) >= 11 is 0. The van der Waals surface area contributed by atoms with Crippen LogP contribution in [0.25, 0.3) is 0 Å². The second-order valence-corrected chi connectivity index (χ2v) is 13.6. The van der Waals surface area contributed by atoms with Gasteiger partial charge >= 0.3 is 6.09 Å². The van der Waals surface area contributed by atoms with E-state index in [4.69, 9.17) is 4.74 Å². The van der Waals surface area contributed by atoms with Crippen molar-refractivity contribution in [2.24, 2.45) is 22.7 Å². The Balaban J connectivity index is 1.40. The molecule has 2 aliphatic heterocycles. The minimum Gasteiger partial charge on any atom is -0.444 e. The van der Waals surface area contributed by atoms with Gasteiger partial charge in [-0.05, 0) is 58.3 Å². The van der Waals surface area contributed by atoms with E-state index < -0.39 is 35.2 Å². The van der Waals surface area contributed by atoms with Gasteiger partial charge in [0.25, 0.3) is 0 Å². The van der Waals surface area contributed by atoms with Crippen LogP contribution in [0.4, 0.5) is 13.6 Å². The van der Waals surface area contributed by atoms with Gasteiger partial charge in [0.1, 0.15) is 11.6 Å². The van der Waals surface area contributed by atoms with Gasteiger partial charge in [0, 0.05) is 50.9 Å². The van der Waals surface area contributed by atoms with Crippen molar-refractivity contribution in [3.63, 3.8) is 0 Å². The third kappa shape index (κ3) is 5.65. The zero-order chi connectivity index (χ0) is 28.1. The van der Waals surface area contributed by atoms with E-state index in [-0.39, 0.29) is 68.0 Å². The molecule has 2 heterocycles. The number of carbonyl (C=O) groups is 3. The highest BCUT2D eigenvalue weighted by Crippen LogP contribution is 2.50. The molecule has 10 heteroatoms. The van der Waals surface area contributed by atoms with Gasteiger partial charge in [0.2, 0.25) is 17.7 Å². The second kappa shape index (κ2) is 10.2. The van der Waals surface area contributed by atoms with Gasteiger partial charge in [-0.15, -0.1) is 0 Å². The number of aliphatic hydroxyl groups is 1. The largest absolute Gasteiger partial charge is 0.444 e. The van der Waals surface area contributed by atoms with Gasteiger partial charge in [-0.2, -0.15) is 0 Å². The summed E-state index contributed by atoms with van der Waals surface area (Å²) in [5.74, 6) is -3.05. The van der Waals surface area contributed by atoms with Crippen LogP contribution in [0.2, 0.25) is 0 Å². The Bertz CT molecular complexity index is 914. The molecule has 216 valence electrons. The first kappa shape index (κ1) is 29.0. The number of alkyl halides is 2. The highest BCUT2D eigenvalue weighted by molar-refractivity contribution is 5.91. The van der Waals surface area contributed by atoms with E-state index in [1.807, 2.05) is 13.8 Å². The fourth-order valence-corrected chi connectivity index (χ4v) is 6.50. The third-order valence-corrected chi connectivity index (χ3v) is 9.48. The Morgan fingerprint density at radius 2 is 1.66 bits per heavy atom. The van der Waals surface area contributed by atoms with E-state index >= 15 is 0 Å². The second-order valence-electron chi connectivity index (χ2n) is 13.6. The molecule has 0 aromatic heterocycles. The molecule has 4 fully saturated rings. The lowest BCUT2D eigenvalue weighted by molar-refractivity contribution is -0.169. The van der Waals surface area contributed by atoms with Crippen LogP contribution >= 0.6 is 0 Å². The highest BCUT2D eigenvalue weighted by Gasteiger charge is 2.58. The van der Waals surface area contributed by atoms with Crippen LogP contribution in [0.5, 0.6) is 0 Å². The highest BCUT2D eigenvalue weighted by atomic mass is 19.3. The van der Waals surface area contributed by atoms with E-state index in [2.05, 4.69) is 5.32 Å². The van der Waals surface area contributed by atoms with Crippen molar-refractivity contribution in [1.29, 1.82) is 0 Å². The van der Waals surface area contributed by atoms with Crippen LogP contribution in [0.3, 0.4) is 0 Å². The molecule has 0 radical (unpaired) electrons. The summed E-state index contributed by atoms with van der Waals surface area (Å²) in [6, 6.07) is -0.844. The first-order valence-corrected chi connectivity index (χ1v) is 14.2. The lowest BCUT2D eigenvalue weighted by Crippen LogP contribution is -2.71. The number of nitrogens with one attached hydrogen (secondary N) is 1. The van der Waals surface area contributed by atoms with Crippen LogP contribution in [0.15, 0.2) is 0 Å². The number of carbonyl (C=O) groups excluding carboxylic acids is 3. The monoisotopic (exact) mass is 541 g/mol. The third-order valence-electron chi connectivity index (χ3n) is 9.48. The Labute approximate surface area is 224 Å². The van der Waals surface area contributed by atoms with Gasteiger partial charge < -0.3 is 20.1 Å². The molecular formula is C28H45F2N3O5. The van der Waals surface area contributed by atoms with Crippen LogP contribution in [-0.2, 0) is 14.3 Å². The minimum absolute atomic E-state index is 0.0329. The Morgan fingerprint density at radius 3 is 2.16 bits per heavy atom. The predicted octanol–water partition coefficient (Wildman–Crippen LogP) is 3.95. The fourth-order valence-electron chi connectivity index (χ4n) is 6.50. The number of hydrogen-bond acceptors (Lipinski definition) is 5. The van der Waals surface area contributed by atoms with Gasteiger partial charge in [0.15, 0.2) is 0 Å². The van der Waals surface area contributed by atoms with Gasteiger partial charge in [0.05, 0.1) is 11.5 Å².